The Labute approximate surface area is 105 Å². The van der Waals surface area contributed by atoms with Crippen molar-refractivity contribution in [2.45, 2.75) is 0 Å². The first-order valence-electron chi connectivity index (χ1n) is 2.16. The molecule has 0 atom stereocenters. The minimum absolute atomic E-state index is 0. The second-order valence-corrected chi connectivity index (χ2v) is 2.96. The predicted octanol–water partition coefficient (Wildman–Crippen LogP) is -1.67. The Morgan fingerprint density at radius 2 is 1.80 bits per heavy atom. The van der Waals surface area contributed by atoms with Gasteiger partial charge in [0.1, 0.15) is 0 Å². The topological polar surface area (TPSA) is 66.4 Å². The Bertz CT molecular complexity index is 146. The maximum absolute atomic E-state index is 9.91. The maximum Gasteiger partial charge on any atom is 0.266 e. The van der Waals surface area contributed by atoms with Gasteiger partial charge in [0.05, 0.1) is 5.75 Å². The van der Waals surface area contributed by atoms with Gasteiger partial charge in [-0.15, -0.1) is 0 Å². The monoisotopic (exact) mass is 185 g/mol. The Kier molecular flexibility index (Phi) is 16.0. The van der Waals surface area contributed by atoms with Crippen molar-refractivity contribution < 1.29 is 13.0 Å². The van der Waals surface area contributed by atoms with Gasteiger partial charge in [0, 0.05) is 65.7 Å². The molecule has 2 N–H and O–H groups in total. The summed E-state index contributed by atoms with van der Waals surface area (Å²) in [5.74, 6) is -0.219. The molecule has 0 bridgehead atoms. The average molecular weight is 185 g/mol. The molecule has 0 aliphatic carbocycles. The molecule has 10 heavy (non-hydrogen) atoms. The molecule has 0 spiro atoms. The van der Waals surface area contributed by atoms with Crippen LogP contribution in [0, 0.1) is 0 Å². The summed E-state index contributed by atoms with van der Waals surface area (Å²) in [6.07, 6.45) is 0. The Morgan fingerprint density at radius 1 is 1.40 bits per heavy atom. The van der Waals surface area contributed by atoms with Gasteiger partial charge < -0.3 is 5.32 Å². The first-order valence-corrected chi connectivity index (χ1v) is 3.77. The number of nitrogens with one attached hydrogen (secondary N) is 1. The van der Waals surface area contributed by atoms with Crippen LogP contribution in [-0.4, -0.2) is 91.4 Å². The zero-order valence-corrected chi connectivity index (χ0v) is 11.4. The molecule has 4 nitrogen and oxygen atoms in total. The van der Waals surface area contributed by atoms with Gasteiger partial charge in [-0.25, -0.2) is 0 Å². The fraction of sp³-hybridized carbons (Fsp3) is 1.00. The number of hydrogen-bond donors (Lipinski definition) is 2. The summed E-state index contributed by atoms with van der Waals surface area (Å²) in [6, 6.07) is 0. The van der Waals surface area contributed by atoms with Gasteiger partial charge in [0.15, 0.2) is 0 Å². The van der Waals surface area contributed by atoms with E-state index >= 15 is 0 Å². The van der Waals surface area contributed by atoms with E-state index < -0.39 is 10.1 Å². The van der Waals surface area contributed by atoms with Crippen LogP contribution in [0.1, 0.15) is 0 Å². The average Bonchev–Trinajstić information content (AvgIpc) is 1.59. The van der Waals surface area contributed by atoms with Crippen molar-refractivity contribution in [3.63, 3.8) is 0 Å². The standard InChI is InChI=1S/C3H9NO3S.2Na/c1-4-2-3-8(5,6)7;;/h4H,2-3H2,1H3,(H,5,6,7);;. The smallest absolute Gasteiger partial charge is 0.266 e. The van der Waals surface area contributed by atoms with Gasteiger partial charge in [-0.2, -0.15) is 8.42 Å². The summed E-state index contributed by atoms with van der Waals surface area (Å²) in [6.45, 7) is 0.291. The van der Waals surface area contributed by atoms with Crippen molar-refractivity contribution in [3.8, 4) is 0 Å². The molecule has 0 aromatic heterocycles. The van der Waals surface area contributed by atoms with Crippen LogP contribution in [0.15, 0.2) is 0 Å². The Hall–Kier alpha value is 1.87. The van der Waals surface area contributed by atoms with Crippen molar-refractivity contribution in [3.05, 3.63) is 0 Å². The largest absolute Gasteiger partial charge is 0.319 e. The van der Waals surface area contributed by atoms with Gasteiger partial charge in [-0.1, -0.05) is 0 Å². The number of hydrogen-bond acceptors (Lipinski definition) is 3. The summed E-state index contributed by atoms with van der Waals surface area (Å²) in [4.78, 5) is 0. The maximum atomic E-state index is 9.91. The van der Waals surface area contributed by atoms with Crippen LogP contribution in [0.3, 0.4) is 0 Å². The zero-order chi connectivity index (χ0) is 6.62. The molecule has 0 amide bonds. The molecule has 0 aliphatic heterocycles. The van der Waals surface area contributed by atoms with E-state index in [0.717, 1.165) is 0 Å². The molecule has 52 valence electrons. The molecule has 0 fully saturated rings. The molecule has 0 unspecified atom stereocenters. The third-order valence-corrected chi connectivity index (χ3v) is 1.33. The van der Waals surface area contributed by atoms with Crippen LogP contribution in [0.25, 0.3) is 0 Å². The molecular weight excluding hydrogens is 176 g/mol. The van der Waals surface area contributed by atoms with Gasteiger partial charge >= 0.3 is 0 Å². The quantitative estimate of drug-likeness (QED) is 0.407. The minimum Gasteiger partial charge on any atom is -0.319 e. The van der Waals surface area contributed by atoms with E-state index in [9.17, 15) is 8.42 Å². The molecular formula is C3H9NNa2O3S. The summed E-state index contributed by atoms with van der Waals surface area (Å²) in [5, 5.41) is 2.59. The molecule has 2 radical (unpaired) electrons. The van der Waals surface area contributed by atoms with E-state index in [1.54, 1.807) is 7.05 Å². The van der Waals surface area contributed by atoms with Gasteiger partial charge in [-0.3, -0.25) is 4.55 Å². The predicted molar refractivity (Wildman–Crippen MR) is 41.9 cm³/mol. The summed E-state index contributed by atoms with van der Waals surface area (Å²) in [7, 11) is -2.13. The number of rotatable bonds is 3. The third kappa shape index (κ3) is 16.5. The summed E-state index contributed by atoms with van der Waals surface area (Å²) >= 11 is 0. The Balaban J connectivity index is -0.000000245. The second-order valence-electron chi connectivity index (χ2n) is 1.39. The normalized spacial score (nSPS) is 9.40. The molecule has 0 heterocycles. The Morgan fingerprint density at radius 3 is 1.90 bits per heavy atom. The van der Waals surface area contributed by atoms with E-state index in [1.165, 1.54) is 0 Å². The van der Waals surface area contributed by atoms with Crippen molar-refractivity contribution in [2.75, 3.05) is 19.3 Å². The van der Waals surface area contributed by atoms with Gasteiger partial charge in [0.2, 0.25) is 0 Å². The fourth-order valence-corrected chi connectivity index (χ4v) is 0.693. The minimum atomic E-state index is -3.75. The SMILES string of the molecule is CNCCS(=O)(=O)O.[Na].[Na]. The summed E-state index contributed by atoms with van der Waals surface area (Å²) < 4.78 is 27.9. The van der Waals surface area contributed by atoms with Crippen LogP contribution >= 0.6 is 0 Å². The van der Waals surface area contributed by atoms with E-state index in [4.69, 9.17) is 4.55 Å². The second kappa shape index (κ2) is 8.96. The van der Waals surface area contributed by atoms with Crippen molar-refractivity contribution >= 4 is 69.2 Å². The fourth-order valence-electron chi connectivity index (χ4n) is 0.231. The molecule has 0 saturated heterocycles. The van der Waals surface area contributed by atoms with Crippen molar-refractivity contribution in [1.82, 2.24) is 5.32 Å². The molecule has 0 aliphatic rings. The van der Waals surface area contributed by atoms with Gasteiger partial charge in [0.25, 0.3) is 10.1 Å². The van der Waals surface area contributed by atoms with E-state index in [1.807, 2.05) is 0 Å². The van der Waals surface area contributed by atoms with Crippen LogP contribution in [0.5, 0.6) is 0 Å². The first-order chi connectivity index (χ1) is 3.56. The van der Waals surface area contributed by atoms with Crippen LogP contribution in [-0.2, 0) is 10.1 Å². The zero-order valence-electron chi connectivity index (χ0n) is 6.59. The molecule has 0 aromatic rings. The van der Waals surface area contributed by atoms with Gasteiger partial charge in [-0.05, 0) is 7.05 Å². The van der Waals surface area contributed by atoms with Crippen molar-refractivity contribution in [2.24, 2.45) is 0 Å². The van der Waals surface area contributed by atoms with Crippen LogP contribution < -0.4 is 5.32 Å². The van der Waals surface area contributed by atoms with Crippen LogP contribution in [0.4, 0.5) is 0 Å². The molecule has 0 aromatic carbocycles. The van der Waals surface area contributed by atoms with Crippen molar-refractivity contribution in [1.29, 1.82) is 0 Å². The van der Waals surface area contributed by atoms with E-state index in [2.05, 4.69) is 5.32 Å². The van der Waals surface area contributed by atoms with E-state index in [0.29, 0.717) is 6.54 Å². The third-order valence-electron chi connectivity index (χ3n) is 0.610. The molecule has 7 heteroatoms. The molecule has 0 rings (SSSR count). The van der Waals surface area contributed by atoms with Crippen LogP contribution in [0.2, 0.25) is 0 Å². The molecule has 0 saturated carbocycles. The van der Waals surface area contributed by atoms with E-state index in [-0.39, 0.29) is 64.9 Å². The first kappa shape index (κ1) is 17.8. The summed E-state index contributed by atoms with van der Waals surface area (Å²) in [5.41, 5.74) is 0.